The predicted octanol–water partition coefficient (Wildman–Crippen LogP) is 0.140. The molecule has 8 nitrogen and oxygen atoms in total. The average Bonchev–Trinajstić information content (AvgIpc) is 2.88. The van der Waals surface area contributed by atoms with E-state index in [2.05, 4.69) is 20.3 Å². The summed E-state index contributed by atoms with van der Waals surface area (Å²) in [6, 6.07) is 1.59. The molecule has 0 aromatic carbocycles. The van der Waals surface area contributed by atoms with Gasteiger partial charge in [0.2, 0.25) is 5.95 Å². The van der Waals surface area contributed by atoms with Gasteiger partial charge in [0.1, 0.15) is 5.69 Å². The Balaban J connectivity index is 1.99. The number of nitrogens with two attached hydrogens (primary N) is 1. The van der Waals surface area contributed by atoms with E-state index >= 15 is 0 Å². The average molecular weight is 290 g/mol. The normalized spacial score (nSPS) is 10.6. The van der Waals surface area contributed by atoms with Crippen molar-refractivity contribution in [1.29, 1.82) is 0 Å². The van der Waals surface area contributed by atoms with Gasteiger partial charge in [-0.15, -0.1) is 0 Å². The monoisotopic (exact) mass is 290 g/mol. The van der Waals surface area contributed by atoms with Gasteiger partial charge in [0, 0.05) is 25.5 Å². The molecule has 0 aliphatic carbocycles. The van der Waals surface area contributed by atoms with Gasteiger partial charge in [-0.05, 0) is 13.0 Å². The molecule has 0 bridgehead atoms. The number of nitrogens with one attached hydrogen (secondary N) is 1. The Kier molecular flexibility index (Phi) is 4.83. The largest absolute Gasteiger partial charge is 0.383 e. The first-order valence-electron chi connectivity index (χ1n) is 6.47. The molecule has 112 valence electrons. The number of hydrogen-bond acceptors (Lipinski definition) is 6. The van der Waals surface area contributed by atoms with Crippen molar-refractivity contribution >= 4 is 11.9 Å². The quantitative estimate of drug-likeness (QED) is 0.783. The van der Waals surface area contributed by atoms with Crippen LogP contribution >= 0.6 is 0 Å². The Morgan fingerprint density at radius 3 is 3.00 bits per heavy atom. The Bertz CT molecular complexity index is 605. The molecule has 0 unspecified atom stereocenters. The molecular formula is C13H18N6O2. The number of nitrogens with zero attached hydrogens (tertiary/aromatic N) is 4. The van der Waals surface area contributed by atoms with Crippen molar-refractivity contribution in [2.75, 3.05) is 19.5 Å². The Hall–Kier alpha value is -2.48. The summed E-state index contributed by atoms with van der Waals surface area (Å²) in [5.41, 5.74) is 7.33. The van der Waals surface area contributed by atoms with Crippen molar-refractivity contribution in [1.82, 2.24) is 24.8 Å². The molecule has 8 heteroatoms. The number of methoxy groups -OCH3 is 1. The lowest BCUT2D eigenvalue weighted by atomic mass is 10.3. The van der Waals surface area contributed by atoms with Gasteiger partial charge in [-0.2, -0.15) is 0 Å². The van der Waals surface area contributed by atoms with E-state index in [1.165, 1.54) is 0 Å². The van der Waals surface area contributed by atoms with Crippen LogP contribution < -0.4 is 11.1 Å². The minimum atomic E-state index is -0.299. The van der Waals surface area contributed by atoms with Crippen molar-refractivity contribution in [3.63, 3.8) is 0 Å². The molecule has 0 fully saturated rings. The lowest BCUT2D eigenvalue weighted by molar-refractivity contribution is 0.0944. The minimum absolute atomic E-state index is 0.0882. The number of hydrogen-bond donors (Lipinski definition) is 2. The number of ether oxygens (including phenoxy) is 1. The fourth-order valence-corrected chi connectivity index (χ4v) is 1.86. The number of aromatic nitrogens is 4. The molecule has 0 aliphatic heterocycles. The second kappa shape index (κ2) is 6.80. The second-order valence-electron chi connectivity index (χ2n) is 4.51. The van der Waals surface area contributed by atoms with Crippen molar-refractivity contribution in [2.45, 2.75) is 20.0 Å². The lowest BCUT2D eigenvalue weighted by Crippen LogP contribution is -2.26. The summed E-state index contributed by atoms with van der Waals surface area (Å²) in [5, 5.41) is 2.79. The van der Waals surface area contributed by atoms with Crippen molar-refractivity contribution in [2.24, 2.45) is 0 Å². The third kappa shape index (κ3) is 3.99. The van der Waals surface area contributed by atoms with Crippen LogP contribution in [0.5, 0.6) is 0 Å². The highest BCUT2D eigenvalue weighted by Gasteiger charge is 2.10. The van der Waals surface area contributed by atoms with Gasteiger partial charge in [0.25, 0.3) is 5.91 Å². The SMILES string of the molecule is COCCn1cncc1CNC(=O)c1cc(C)nc(N)n1. The molecule has 0 saturated carbocycles. The summed E-state index contributed by atoms with van der Waals surface area (Å²) in [6.45, 7) is 3.38. The second-order valence-corrected chi connectivity index (χ2v) is 4.51. The van der Waals surface area contributed by atoms with Crippen LogP contribution in [0.4, 0.5) is 5.95 Å². The van der Waals surface area contributed by atoms with Crippen LogP contribution in [0.3, 0.4) is 0 Å². The number of imidazole rings is 1. The molecule has 0 aliphatic rings. The number of amides is 1. The van der Waals surface area contributed by atoms with E-state index in [0.29, 0.717) is 25.4 Å². The zero-order valence-corrected chi connectivity index (χ0v) is 12.0. The molecule has 0 saturated heterocycles. The van der Waals surface area contributed by atoms with Crippen molar-refractivity contribution < 1.29 is 9.53 Å². The van der Waals surface area contributed by atoms with E-state index in [-0.39, 0.29) is 17.5 Å². The molecule has 0 spiro atoms. The van der Waals surface area contributed by atoms with Gasteiger partial charge in [-0.3, -0.25) is 4.79 Å². The highest BCUT2D eigenvalue weighted by atomic mass is 16.5. The van der Waals surface area contributed by atoms with Gasteiger partial charge in [0.05, 0.1) is 25.2 Å². The Morgan fingerprint density at radius 1 is 1.48 bits per heavy atom. The maximum absolute atomic E-state index is 12.1. The van der Waals surface area contributed by atoms with Crippen molar-refractivity contribution in [3.05, 3.63) is 35.7 Å². The minimum Gasteiger partial charge on any atom is -0.383 e. The summed E-state index contributed by atoms with van der Waals surface area (Å²) < 4.78 is 6.94. The smallest absolute Gasteiger partial charge is 0.270 e. The number of aryl methyl sites for hydroxylation is 1. The van der Waals surface area contributed by atoms with Crippen LogP contribution in [0.15, 0.2) is 18.6 Å². The highest BCUT2D eigenvalue weighted by molar-refractivity contribution is 5.92. The number of rotatable bonds is 6. The first kappa shape index (κ1) is 14.9. The van der Waals surface area contributed by atoms with Crippen LogP contribution in [-0.4, -0.2) is 39.1 Å². The van der Waals surface area contributed by atoms with Crippen LogP contribution in [0.1, 0.15) is 21.9 Å². The summed E-state index contributed by atoms with van der Waals surface area (Å²) in [7, 11) is 1.64. The molecular weight excluding hydrogens is 272 g/mol. The predicted molar refractivity (Wildman–Crippen MR) is 76.5 cm³/mol. The Morgan fingerprint density at radius 2 is 2.29 bits per heavy atom. The zero-order valence-electron chi connectivity index (χ0n) is 12.0. The summed E-state index contributed by atoms with van der Waals surface area (Å²) in [5.74, 6) is -0.211. The maximum Gasteiger partial charge on any atom is 0.270 e. The first-order chi connectivity index (χ1) is 10.1. The number of carbonyl (C=O) groups is 1. The van der Waals surface area contributed by atoms with Gasteiger partial charge in [-0.1, -0.05) is 0 Å². The maximum atomic E-state index is 12.1. The fraction of sp³-hybridized carbons (Fsp3) is 0.385. The van der Waals surface area contributed by atoms with E-state index in [9.17, 15) is 4.79 Å². The molecule has 1 amide bonds. The van der Waals surface area contributed by atoms with Gasteiger partial charge < -0.3 is 20.4 Å². The van der Waals surface area contributed by atoms with Crippen LogP contribution in [0.25, 0.3) is 0 Å². The molecule has 2 rings (SSSR count). The van der Waals surface area contributed by atoms with Crippen molar-refractivity contribution in [3.8, 4) is 0 Å². The topological polar surface area (TPSA) is 108 Å². The van der Waals surface area contributed by atoms with Gasteiger partial charge >= 0.3 is 0 Å². The number of carbonyl (C=O) groups excluding carboxylic acids is 1. The van der Waals surface area contributed by atoms with E-state index in [1.807, 2.05) is 4.57 Å². The molecule has 0 radical (unpaired) electrons. The van der Waals surface area contributed by atoms with Gasteiger partial charge in [0.15, 0.2) is 0 Å². The van der Waals surface area contributed by atoms with E-state index in [4.69, 9.17) is 10.5 Å². The van der Waals surface area contributed by atoms with E-state index in [1.54, 1.807) is 32.6 Å². The highest BCUT2D eigenvalue weighted by Crippen LogP contribution is 2.03. The molecule has 0 atom stereocenters. The third-order valence-electron chi connectivity index (χ3n) is 2.87. The van der Waals surface area contributed by atoms with Crippen LogP contribution in [0, 0.1) is 6.92 Å². The summed E-state index contributed by atoms with van der Waals surface area (Å²) in [6.07, 6.45) is 3.41. The van der Waals surface area contributed by atoms with Crippen LogP contribution in [0.2, 0.25) is 0 Å². The fourth-order valence-electron chi connectivity index (χ4n) is 1.86. The summed E-state index contributed by atoms with van der Waals surface area (Å²) >= 11 is 0. The Labute approximate surface area is 122 Å². The molecule has 21 heavy (non-hydrogen) atoms. The number of anilines is 1. The number of nitrogen functional groups attached to an aromatic ring is 1. The molecule has 2 aromatic heterocycles. The third-order valence-corrected chi connectivity index (χ3v) is 2.87. The zero-order chi connectivity index (χ0) is 15.2. The molecule has 2 heterocycles. The van der Waals surface area contributed by atoms with Crippen LogP contribution in [-0.2, 0) is 17.8 Å². The molecule has 2 aromatic rings. The summed E-state index contributed by atoms with van der Waals surface area (Å²) in [4.78, 5) is 24.0. The van der Waals surface area contributed by atoms with E-state index in [0.717, 1.165) is 5.69 Å². The molecule has 3 N–H and O–H groups in total. The van der Waals surface area contributed by atoms with E-state index < -0.39 is 0 Å². The standard InChI is InChI=1S/C13H18N6O2/c1-9-5-11(18-13(14)17-9)12(20)16-7-10-6-15-8-19(10)3-4-21-2/h5-6,8H,3-4,7H2,1-2H3,(H,16,20)(H2,14,17,18). The van der Waals surface area contributed by atoms with Gasteiger partial charge in [-0.25, -0.2) is 15.0 Å². The lowest BCUT2D eigenvalue weighted by Gasteiger charge is -2.09. The first-order valence-corrected chi connectivity index (χ1v) is 6.47.